The molecular weight excluding hydrogens is 360 g/mol. The number of ether oxygens (including phenoxy) is 1. The maximum Gasteiger partial charge on any atom is 0.293 e. The number of benzene rings is 2. The van der Waals surface area contributed by atoms with Gasteiger partial charge in [-0.15, -0.1) is 0 Å². The van der Waals surface area contributed by atoms with Crippen LogP contribution in [0.2, 0.25) is 0 Å². The lowest BCUT2D eigenvalue weighted by Crippen LogP contribution is -2.36. The minimum atomic E-state index is -0.230. The molecule has 2 aliphatic rings. The number of carbonyl (C=O) groups excluding carboxylic acids is 2. The van der Waals surface area contributed by atoms with Gasteiger partial charge < -0.3 is 9.64 Å². The number of thioether (sulfide) groups is 1. The van der Waals surface area contributed by atoms with Crippen molar-refractivity contribution in [3.05, 3.63) is 70.6 Å². The summed E-state index contributed by atoms with van der Waals surface area (Å²) in [7, 11) is 0. The molecule has 27 heavy (non-hydrogen) atoms. The zero-order valence-corrected chi connectivity index (χ0v) is 15.7. The lowest BCUT2D eigenvalue weighted by atomic mass is 10.1. The number of morpholine rings is 1. The molecule has 2 fully saturated rings. The van der Waals surface area contributed by atoms with Crippen molar-refractivity contribution in [2.45, 2.75) is 6.54 Å². The Morgan fingerprint density at radius 3 is 2.37 bits per heavy atom. The zero-order chi connectivity index (χ0) is 18.6. The average molecular weight is 380 g/mol. The van der Waals surface area contributed by atoms with E-state index < -0.39 is 0 Å². The van der Waals surface area contributed by atoms with Crippen molar-refractivity contribution in [2.24, 2.45) is 0 Å². The van der Waals surface area contributed by atoms with Crippen LogP contribution in [-0.2, 0) is 16.1 Å². The van der Waals surface area contributed by atoms with E-state index in [0.29, 0.717) is 11.4 Å². The Kier molecular flexibility index (Phi) is 5.27. The molecule has 0 aliphatic carbocycles. The van der Waals surface area contributed by atoms with Gasteiger partial charge in [0.2, 0.25) is 0 Å². The first kappa shape index (κ1) is 17.8. The highest BCUT2D eigenvalue weighted by Crippen LogP contribution is 2.33. The van der Waals surface area contributed by atoms with Gasteiger partial charge in [-0.1, -0.05) is 42.5 Å². The minimum absolute atomic E-state index is 0.222. The van der Waals surface area contributed by atoms with Crippen LogP contribution in [0.3, 0.4) is 0 Å². The van der Waals surface area contributed by atoms with Gasteiger partial charge in [0, 0.05) is 18.8 Å². The maximum atomic E-state index is 12.6. The molecule has 0 saturated carbocycles. The van der Waals surface area contributed by atoms with Gasteiger partial charge in [-0.2, -0.15) is 0 Å². The van der Waals surface area contributed by atoms with Crippen molar-refractivity contribution in [1.82, 2.24) is 4.90 Å². The molecule has 6 heteroatoms. The summed E-state index contributed by atoms with van der Waals surface area (Å²) in [6.45, 7) is 3.57. The summed E-state index contributed by atoms with van der Waals surface area (Å²) in [6.07, 6.45) is 1.79. The third-order valence-electron chi connectivity index (χ3n) is 4.62. The predicted molar refractivity (Wildman–Crippen MR) is 107 cm³/mol. The SMILES string of the molecule is O=C1S/C(=C\c2ccc(N3CCOCC3)cc2)C(=O)N1Cc1ccccc1. The molecule has 4 rings (SSSR count). The summed E-state index contributed by atoms with van der Waals surface area (Å²) >= 11 is 1.000. The first-order valence-electron chi connectivity index (χ1n) is 8.93. The number of imide groups is 1. The fourth-order valence-electron chi connectivity index (χ4n) is 3.16. The summed E-state index contributed by atoms with van der Waals surface area (Å²) in [6, 6.07) is 17.6. The fourth-order valence-corrected chi connectivity index (χ4v) is 3.99. The maximum absolute atomic E-state index is 12.6. The van der Waals surface area contributed by atoms with Crippen LogP contribution in [0.5, 0.6) is 0 Å². The molecular formula is C21H20N2O3S. The first-order chi connectivity index (χ1) is 13.2. The van der Waals surface area contributed by atoms with Crippen molar-refractivity contribution >= 4 is 34.7 Å². The van der Waals surface area contributed by atoms with Gasteiger partial charge in [-0.05, 0) is 41.1 Å². The van der Waals surface area contributed by atoms with E-state index in [1.165, 1.54) is 4.90 Å². The zero-order valence-electron chi connectivity index (χ0n) is 14.8. The Labute approximate surface area is 162 Å². The third kappa shape index (κ3) is 4.07. The molecule has 2 saturated heterocycles. The number of carbonyl (C=O) groups is 2. The summed E-state index contributed by atoms with van der Waals surface area (Å²) in [5.74, 6) is -0.230. The largest absolute Gasteiger partial charge is 0.378 e. The Balaban J connectivity index is 1.47. The van der Waals surface area contributed by atoms with E-state index in [1.807, 2.05) is 54.6 Å². The minimum Gasteiger partial charge on any atom is -0.378 e. The van der Waals surface area contributed by atoms with E-state index in [-0.39, 0.29) is 11.1 Å². The molecule has 0 radical (unpaired) electrons. The Bertz CT molecular complexity index is 859. The molecule has 2 heterocycles. The molecule has 5 nitrogen and oxygen atoms in total. The van der Waals surface area contributed by atoms with E-state index in [2.05, 4.69) is 4.90 Å². The highest BCUT2D eigenvalue weighted by Gasteiger charge is 2.34. The summed E-state index contributed by atoms with van der Waals surface area (Å²) in [5.41, 5.74) is 3.00. The van der Waals surface area contributed by atoms with Gasteiger partial charge >= 0.3 is 0 Å². The molecule has 2 aromatic rings. The van der Waals surface area contributed by atoms with E-state index in [1.54, 1.807) is 6.08 Å². The molecule has 0 bridgehead atoms. The summed E-state index contributed by atoms with van der Waals surface area (Å²) in [5, 5.41) is -0.222. The topological polar surface area (TPSA) is 49.9 Å². The normalized spacial score (nSPS) is 19.2. The van der Waals surface area contributed by atoms with Gasteiger partial charge in [-0.25, -0.2) is 0 Å². The molecule has 2 aliphatic heterocycles. The lowest BCUT2D eigenvalue weighted by Gasteiger charge is -2.28. The molecule has 0 spiro atoms. The van der Waals surface area contributed by atoms with Crippen LogP contribution in [-0.4, -0.2) is 42.3 Å². The molecule has 0 aromatic heterocycles. The lowest BCUT2D eigenvalue weighted by molar-refractivity contribution is -0.123. The number of amides is 2. The van der Waals surface area contributed by atoms with Gasteiger partial charge in [0.25, 0.3) is 11.1 Å². The first-order valence-corrected chi connectivity index (χ1v) is 9.74. The molecule has 0 atom stereocenters. The quantitative estimate of drug-likeness (QED) is 0.756. The number of anilines is 1. The van der Waals surface area contributed by atoms with Crippen molar-refractivity contribution in [3.8, 4) is 0 Å². The molecule has 138 valence electrons. The van der Waals surface area contributed by atoms with Crippen molar-refractivity contribution < 1.29 is 14.3 Å². The van der Waals surface area contributed by atoms with Gasteiger partial charge in [-0.3, -0.25) is 14.5 Å². The molecule has 2 amide bonds. The second-order valence-electron chi connectivity index (χ2n) is 6.44. The highest BCUT2D eigenvalue weighted by molar-refractivity contribution is 8.18. The Morgan fingerprint density at radius 1 is 0.963 bits per heavy atom. The van der Waals surface area contributed by atoms with Crippen LogP contribution in [0.4, 0.5) is 10.5 Å². The number of hydrogen-bond acceptors (Lipinski definition) is 5. The Morgan fingerprint density at radius 2 is 1.67 bits per heavy atom. The highest BCUT2D eigenvalue weighted by atomic mass is 32.2. The van der Waals surface area contributed by atoms with E-state index in [9.17, 15) is 9.59 Å². The van der Waals surface area contributed by atoms with E-state index in [4.69, 9.17) is 4.74 Å². The fraction of sp³-hybridized carbons (Fsp3) is 0.238. The predicted octanol–water partition coefficient (Wildman–Crippen LogP) is 3.76. The van der Waals surface area contributed by atoms with Crippen LogP contribution in [0, 0.1) is 0 Å². The van der Waals surface area contributed by atoms with Crippen molar-refractivity contribution in [3.63, 3.8) is 0 Å². The van der Waals surface area contributed by atoms with E-state index in [0.717, 1.165) is 54.9 Å². The van der Waals surface area contributed by atoms with Crippen LogP contribution in [0.1, 0.15) is 11.1 Å². The van der Waals surface area contributed by atoms with Gasteiger partial charge in [0.15, 0.2) is 0 Å². The smallest absolute Gasteiger partial charge is 0.293 e. The van der Waals surface area contributed by atoms with E-state index >= 15 is 0 Å². The van der Waals surface area contributed by atoms with Crippen LogP contribution >= 0.6 is 11.8 Å². The number of nitrogens with zero attached hydrogens (tertiary/aromatic N) is 2. The summed E-state index contributed by atoms with van der Waals surface area (Å²) in [4.78, 5) is 28.9. The number of rotatable bonds is 4. The monoisotopic (exact) mass is 380 g/mol. The molecule has 0 unspecified atom stereocenters. The van der Waals surface area contributed by atoms with Crippen LogP contribution in [0.25, 0.3) is 6.08 Å². The van der Waals surface area contributed by atoms with Crippen LogP contribution in [0.15, 0.2) is 59.5 Å². The molecule has 0 N–H and O–H groups in total. The Hall–Kier alpha value is -2.57. The average Bonchev–Trinajstić information content (AvgIpc) is 2.97. The van der Waals surface area contributed by atoms with Gasteiger partial charge in [0.1, 0.15) is 0 Å². The molecule has 2 aromatic carbocycles. The second kappa shape index (κ2) is 7.98. The third-order valence-corrected chi connectivity index (χ3v) is 5.53. The number of hydrogen-bond donors (Lipinski definition) is 0. The second-order valence-corrected chi connectivity index (χ2v) is 7.44. The summed E-state index contributed by atoms with van der Waals surface area (Å²) < 4.78 is 5.38. The van der Waals surface area contributed by atoms with Crippen LogP contribution < -0.4 is 4.90 Å². The van der Waals surface area contributed by atoms with Crippen molar-refractivity contribution in [2.75, 3.05) is 31.2 Å². The van der Waals surface area contributed by atoms with Crippen molar-refractivity contribution in [1.29, 1.82) is 0 Å². The standard InChI is InChI=1S/C21H20N2O3S/c24-20-19(27-21(25)23(20)15-17-4-2-1-3-5-17)14-16-6-8-18(9-7-16)22-10-12-26-13-11-22/h1-9,14H,10-13,15H2/b19-14-. The van der Waals surface area contributed by atoms with Gasteiger partial charge in [0.05, 0.1) is 24.7 Å².